The van der Waals surface area contributed by atoms with E-state index in [0.717, 1.165) is 28.5 Å². The van der Waals surface area contributed by atoms with E-state index < -0.39 is 5.82 Å². The standard InChI is InChI=1S/C27H28FN5O/c1-3-18-8-10-23-13-21(9-11-22(23)12-18)16-33(2)27-25(28)26(31-17-32-27)30-15-20-6-4-19(5-7-20)14-24(29)34/h4-13,17H,3,14-16H2,1-2H3,(H2,29,34)(H,30,31,32). The van der Waals surface area contributed by atoms with Crippen molar-refractivity contribution in [1.29, 1.82) is 0 Å². The van der Waals surface area contributed by atoms with Crippen LogP contribution in [0.5, 0.6) is 0 Å². The number of nitrogens with two attached hydrogens (primary N) is 1. The van der Waals surface area contributed by atoms with E-state index in [1.165, 1.54) is 17.3 Å². The number of rotatable bonds is 9. The molecule has 0 saturated carbocycles. The summed E-state index contributed by atoms with van der Waals surface area (Å²) in [6, 6.07) is 20.2. The van der Waals surface area contributed by atoms with Crippen LogP contribution in [0.25, 0.3) is 10.8 Å². The first-order valence-corrected chi connectivity index (χ1v) is 11.3. The molecule has 6 nitrogen and oxygen atoms in total. The molecule has 1 aromatic heterocycles. The Morgan fingerprint density at radius 1 is 0.941 bits per heavy atom. The van der Waals surface area contributed by atoms with Gasteiger partial charge in [-0.3, -0.25) is 4.79 Å². The van der Waals surface area contributed by atoms with Crippen molar-refractivity contribution in [3.63, 3.8) is 0 Å². The first-order chi connectivity index (χ1) is 16.4. The lowest BCUT2D eigenvalue weighted by molar-refractivity contribution is -0.117. The molecule has 1 heterocycles. The van der Waals surface area contributed by atoms with Crippen molar-refractivity contribution in [2.24, 2.45) is 5.73 Å². The second kappa shape index (κ2) is 10.3. The molecule has 0 aliphatic heterocycles. The first-order valence-electron chi connectivity index (χ1n) is 11.3. The quantitative estimate of drug-likeness (QED) is 0.384. The Kier molecular flexibility index (Phi) is 7.01. The molecule has 0 atom stereocenters. The molecule has 34 heavy (non-hydrogen) atoms. The Balaban J connectivity index is 1.44. The summed E-state index contributed by atoms with van der Waals surface area (Å²) in [5.41, 5.74) is 9.38. The second-order valence-corrected chi connectivity index (χ2v) is 8.40. The maximum Gasteiger partial charge on any atom is 0.221 e. The highest BCUT2D eigenvalue weighted by molar-refractivity contribution is 5.84. The molecule has 0 aliphatic rings. The number of nitrogens with zero attached hydrogens (tertiary/aromatic N) is 3. The number of aryl methyl sites for hydroxylation is 1. The molecule has 0 bridgehead atoms. The second-order valence-electron chi connectivity index (χ2n) is 8.40. The molecule has 3 aromatic carbocycles. The van der Waals surface area contributed by atoms with Crippen LogP contribution in [0.4, 0.5) is 16.0 Å². The van der Waals surface area contributed by atoms with Gasteiger partial charge in [-0.2, -0.15) is 4.39 Å². The van der Waals surface area contributed by atoms with Gasteiger partial charge in [-0.15, -0.1) is 0 Å². The number of carbonyl (C=O) groups is 1. The van der Waals surface area contributed by atoms with Crippen LogP contribution in [0.2, 0.25) is 0 Å². The minimum atomic E-state index is -0.497. The number of nitrogens with one attached hydrogen (secondary N) is 1. The number of aromatic nitrogens is 2. The van der Waals surface area contributed by atoms with Crippen molar-refractivity contribution in [2.45, 2.75) is 32.9 Å². The largest absolute Gasteiger partial charge is 0.369 e. The van der Waals surface area contributed by atoms with Crippen molar-refractivity contribution in [2.75, 3.05) is 17.3 Å². The number of hydrogen-bond donors (Lipinski definition) is 2. The number of carbonyl (C=O) groups excluding carboxylic acids is 1. The zero-order chi connectivity index (χ0) is 24.1. The van der Waals surface area contributed by atoms with Gasteiger partial charge in [-0.1, -0.05) is 61.5 Å². The number of hydrogen-bond acceptors (Lipinski definition) is 5. The first kappa shape index (κ1) is 23.2. The van der Waals surface area contributed by atoms with Crippen molar-refractivity contribution in [3.05, 3.63) is 95.1 Å². The predicted octanol–water partition coefficient (Wildman–Crippen LogP) is 4.61. The van der Waals surface area contributed by atoms with Crippen LogP contribution >= 0.6 is 0 Å². The van der Waals surface area contributed by atoms with Gasteiger partial charge in [0.05, 0.1) is 6.42 Å². The van der Waals surface area contributed by atoms with Gasteiger partial charge in [-0.05, 0) is 45.5 Å². The van der Waals surface area contributed by atoms with Crippen LogP contribution in [0.1, 0.15) is 29.2 Å². The molecule has 1 amide bonds. The summed E-state index contributed by atoms with van der Waals surface area (Å²) in [7, 11) is 1.82. The van der Waals surface area contributed by atoms with E-state index in [4.69, 9.17) is 5.73 Å². The van der Waals surface area contributed by atoms with E-state index >= 15 is 4.39 Å². The SMILES string of the molecule is CCc1ccc2cc(CN(C)c3ncnc(NCc4ccc(CC(N)=O)cc4)c3F)ccc2c1. The summed E-state index contributed by atoms with van der Waals surface area (Å²) in [4.78, 5) is 21.1. The van der Waals surface area contributed by atoms with Gasteiger partial charge in [0.1, 0.15) is 6.33 Å². The van der Waals surface area contributed by atoms with E-state index in [1.807, 2.05) is 31.3 Å². The lowest BCUT2D eigenvalue weighted by atomic mass is 10.0. The molecule has 0 radical (unpaired) electrons. The third-order valence-electron chi connectivity index (χ3n) is 5.79. The van der Waals surface area contributed by atoms with Crippen LogP contribution in [-0.4, -0.2) is 22.9 Å². The topological polar surface area (TPSA) is 84.1 Å². The van der Waals surface area contributed by atoms with Crippen molar-refractivity contribution < 1.29 is 9.18 Å². The molecular weight excluding hydrogens is 429 g/mol. The summed E-state index contributed by atoms with van der Waals surface area (Å²) < 4.78 is 15.2. The number of fused-ring (bicyclic) bond motifs is 1. The molecule has 3 N–H and O–H groups in total. The Morgan fingerprint density at radius 3 is 2.24 bits per heavy atom. The zero-order valence-electron chi connectivity index (χ0n) is 19.4. The average Bonchev–Trinajstić information content (AvgIpc) is 2.83. The summed E-state index contributed by atoms with van der Waals surface area (Å²) in [5.74, 6) is -0.497. The van der Waals surface area contributed by atoms with Gasteiger partial charge in [-0.25, -0.2) is 9.97 Å². The highest BCUT2D eigenvalue weighted by Crippen LogP contribution is 2.24. The van der Waals surface area contributed by atoms with Crippen molar-refractivity contribution >= 4 is 28.3 Å². The summed E-state index contributed by atoms with van der Waals surface area (Å²) in [5, 5.41) is 5.40. The Hall–Kier alpha value is -4.00. The third kappa shape index (κ3) is 5.49. The van der Waals surface area contributed by atoms with E-state index in [0.29, 0.717) is 13.1 Å². The number of primary amides is 1. The minimum Gasteiger partial charge on any atom is -0.369 e. The van der Waals surface area contributed by atoms with Gasteiger partial charge in [0, 0.05) is 20.1 Å². The molecule has 0 fully saturated rings. The summed E-state index contributed by atoms with van der Waals surface area (Å²) in [6.45, 7) is 3.05. The van der Waals surface area contributed by atoms with Gasteiger partial charge in [0.15, 0.2) is 11.6 Å². The fourth-order valence-electron chi connectivity index (χ4n) is 3.92. The zero-order valence-corrected chi connectivity index (χ0v) is 19.4. The van der Waals surface area contributed by atoms with Crippen LogP contribution in [0.3, 0.4) is 0 Å². The maximum absolute atomic E-state index is 15.2. The summed E-state index contributed by atoms with van der Waals surface area (Å²) >= 11 is 0. The van der Waals surface area contributed by atoms with Crippen LogP contribution in [0.15, 0.2) is 67.0 Å². The van der Waals surface area contributed by atoms with E-state index in [-0.39, 0.29) is 24.0 Å². The maximum atomic E-state index is 15.2. The molecule has 0 aliphatic carbocycles. The molecule has 0 unspecified atom stereocenters. The molecule has 4 aromatic rings. The Morgan fingerprint density at radius 2 is 1.56 bits per heavy atom. The average molecular weight is 458 g/mol. The number of anilines is 2. The lowest BCUT2D eigenvalue weighted by Gasteiger charge is -2.20. The Labute approximate surface area is 198 Å². The van der Waals surface area contributed by atoms with Crippen molar-refractivity contribution in [1.82, 2.24) is 9.97 Å². The predicted molar refractivity (Wildman–Crippen MR) is 134 cm³/mol. The normalized spacial score (nSPS) is 10.9. The molecular formula is C27H28FN5O. The van der Waals surface area contributed by atoms with Crippen molar-refractivity contribution in [3.8, 4) is 0 Å². The number of amides is 1. The van der Waals surface area contributed by atoms with E-state index in [1.54, 1.807) is 4.90 Å². The lowest BCUT2D eigenvalue weighted by Crippen LogP contribution is -2.20. The van der Waals surface area contributed by atoms with Gasteiger partial charge >= 0.3 is 0 Å². The highest BCUT2D eigenvalue weighted by Gasteiger charge is 2.15. The molecule has 0 saturated heterocycles. The van der Waals surface area contributed by atoms with Crippen LogP contribution in [0, 0.1) is 5.82 Å². The van der Waals surface area contributed by atoms with E-state index in [9.17, 15) is 4.79 Å². The molecule has 7 heteroatoms. The van der Waals surface area contributed by atoms with Gasteiger partial charge in [0.2, 0.25) is 11.7 Å². The smallest absolute Gasteiger partial charge is 0.221 e. The van der Waals surface area contributed by atoms with Gasteiger partial charge < -0.3 is 16.0 Å². The van der Waals surface area contributed by atoms with Crippen LogP contribution < -0.4 is 16.0 Å². The van der Waals surface area contributed by atoms with Gasteiger partial charge in [0.25, 0.3) is 0 Å². The summed E-state index contributed by atoms with van der Waals surface area (Å²) in [6.07, 6.45) is 2.56. The molecule has 174 valence electrons. The fraction of sp³-hybridized carbons (Fsp3) is 0.222. The number of halogens is 1. The Bertz CT molecular complexity index is 1310. The van der Waals surface area contributed by atoms with E-state index in [2.05, 4.69) is 58.6 Å². The molecule has 4 rings (SSSR count). The molecule has 0 spiro atoms. The van der Waals surface area contributed by atoms with Crippen LogP contribution in [-0.2, 0) is 30.7 Å². The number of benzene rings is 3. The minimum absolute atomic E-state index is 0.142. The monoisotopic (exact) mass is 457 g/mol. The highest BCUT2D eigenvalue weighted by atomic mass is 19.1. The third-order valence-corrected chi connectivity index (χ3v) is 5.79. The fourth-order valence-corrected chi connectivity index (χ4v) is 3.92.